The molecule has 32 heavy (non-hydrogen) atoms. The Hall–Kier alpha value is -4.26. The molecule has 0 atom stereocenters. The number of benzene rings is 2. The fourth-order valence-corrected chi connectivity index (χ4v) is 3.42. The van der Waals surface area contributed by atoms with Gasteiger partial charge in [-0.25, -0.2) is 9.97 Å². The van der Waals surface area contributed by atoms with Crippen molar-refractivity contribution in [1.82, 2.24) is 15.0 Å². The molecule has 2 aromatic carbocycles. The quantitative estimate of drug-likeness (QED) is 0.490. The Morgan fingerprint density at radius 1 is 1.00 bits per heavy atom. The molecule has 0 aliphatic carbocycles. The van der Waals surface area contributed by atoms with E-state index in [0.717, 1.165) is 28.5 Å². The molecule has 0 spiro atoms. The number of phenols is 2. The first-order valence-corrected chi connectivity index (χ1v) is 10.1. The van der Waals surface area contributed by atoms with E-state index in [-0.39, 0.29) is 23.6 Å². The highest BCUT2D eigenvalue weighted by Crippen LogP contribution is 2.29. The van der Waals surface area contributed by atoms with Gasteiger partial charge in [0.15, 0.2) is 0 Å². The van der Waals surface area contributed by atoms with Crippen LogP contribution >= 0.6 is 0 Å². The normalized spacial score (nSPS) is 10.7. The van der Waals surface area contributed by atoms with Crippen LogP contribution < -0.4 is 4.90 Å². The fraction of sp³-hybridized carbons (Fsp3) is 0.120. The summed E-state index contributed by atoms with van der Waals surface area (Å²) in [6, 6.07) is 15.1. The Morgan fingerprint density at radius 3 is 2.47 bits per heavy atom. The molecule has 2 N–H and O–H groups in total. The van der Waals surface area contributed by atoms with E-state index in [4.69, 9.17) is 0 Å². The number of anilines is 1. The molecule has 0 aliphatic heterocycles. The van der Waals surface area contributed by atoms with Gasteiger partial charge >= 0.3 is 0 Å². The third-order valence-corrected chi connectivity index (χ3v) is 5.06. The Balaban J connectivity index is 1.72. The van der Waals surface area contributed by atoms with E-state index in [1.54, 1.807) is 29.6 Å². The van der Waals surface area contributed by atoms with Crippen molar-refractivity contribution in [3.05, 3.63) is 95.7 Å². The highest BCUT2D eigenvalue weighted by Gasteiger charge is 2.22. The van der Waals surface area contributed by atoms with Crippen molar-refractivity contribution in [3.8, 4) is 22.8 Å². The predicted molar refractivity (Wildman–Crippen MR) is 121 cm³/mol. The average molecular weight is 426 g/mol. The zero-order valence-electron chi connectivity index (χ0n) is 17.7. The Kier molecular flexibility index (Phi) is 5.81. The van der Waals surface area contributed by atoms with Gasteiger partial charge in [0.2, 0.25) is 0 Å². The summed E-state index contributed by atoms with van der Waals surface area (Å²) in [5, 5.41) is 19.8. The van der Waals surface area contributed by atoms with E-state index in [2.05, 4.69) is 15.0 Å². The first-order valence-electron chi connectivity index (χ1n) is 10.1. The van der Waals surface area contributed by atoms with Gasteiger partial charge in [-0.2, -0.15) is 0 Å². The first kappa shape index (κ1) is 21.0. The molecule has 0 fully saturated rings. The summed E-state index contributed by atoms with van der Waals surface area (Å²) in [6.45, 7) is 4.06. The van der Waals surface area contributed by atoms with Gasteiger partial charge in [-0.05, 0) is 55.3 Å². The van der Waals surface area contributed by atoms with Crippen molar-refractivity contribution >= 4 is 11.6 Å². The van der Waals surface area contributed by atoms with Crippen LogP contribution in [-0.4, -0.2) is 31.1 Å². The summed E-state index contributed by atoms with van der Waals surface area (Å²) in [5.41, 5.74) is 4.30. The lowest BCUT2D eigenvalue weighted by atomic mass is 10.1. The number of nitrogens with zero attached hydrogens (tertiary/aromatic N) is 4. The van der Waals surface area contributed by atoms with E-state index in [0.29, 0.717) is 11.5 Å². The predicted octanol–water partition coefficient (Wildman–Crippen LogP) is 4.41. The maximum atomic E-state index is 13.4. The molecule has 2 aromatic heterocycles. The molecular formula is C25H22N4O3. The van der Waals surface area contributed by atoms with Gasteiger partial charge in [-0.15, -0.1) is 0 Å². The summed E-state index contributed by atoms with van der Waals surface area (Å²) in [5.74, 6) is -0.105. The second-order valence-electron chi connectivity index (χ2n) is 7.45. The van der Waals surface area contributed by atoms with Crippen LogP contribution in [-0.2, 0) is 6.54 Å². The summed E-state index contributed by atoms with van der Waals surface area (Å²) < 4.78 is 0. The summed E-state index contributed by atoms with van der Waals surface area (Å²) in [7, 11) is 0. The minimum atomic E-state index is -0.395. The molecule has 4 rings (SSSR count). The largest absolute Gasteiger partial charge is 0.508 e. The number of aromatic nitrogens is 3. The molecule has 2 heterocycles. The summed E-state index contributed by atoms with van der Waals surface area (Å²) >= 11 is 0. The van der Waals surface area contributed by atoms with Gasteiger partial charge in [0.1, 0.15) is 17.3 Å². The number of aromatic hydroxyl groups is 2. The molecule has 4 aromatic rings. The van der Waals surface area contributed by atoms with E-state index < -0.39 is 5.91 Å². The van der Waals surface area contributed by atoms with Gasteiger partial charge in [0, 0.05) is 35.9 Å². The molecule has 7 heteroatoms. The number of carbonyl (C=O) groups excluding carboxylic acids is 1. The first-order chi connectivity index (χ1) is 15.4. The molecule has 160 valence electrons. The lowest BCUT2D eigenvalue weighted by Crippen LogP contribution is -2.30. The van der Waals surface area contributed by atoms with Crippen LogP contribution in [0.5, 0.6) is 11.5 Å². The third kappa shape index (κ3) is 4.41. The molecule has 0 bridgehead atoms. The van der Waals surface area contributed by atoms with E-state index in [1.165, 1.54) is 12.1 Å². The SMILES string of the molecule is Cc1ncc(C)c(-c2ccc(N(Cc3cccnc3)C(=O)c3ccc(O)cc3O)cc2)n1. The maximum absolute atomic E-state index is 13.4. The Bertz CT molecular complexity index is 1260. The van der Waals surface area contributed by atoms with E-state index >= 15 is 0 Å². The van der Waals surface area contributed by atoms with Crippen molar-refractivity contribution in [2.45, 2.75) is 20.4 Å². The van der Waals surface area contributed by atoms with Gasteiger partial charge in [-0.1, -0.05) is 18.2 Å². The van der Waals surface area contributed by atoms with Gasteiger partial charge in [0.25, 0.3) is 5.91 Å². The van der Waals surface area contributed by atoms with Crippen molar-refractivity contribution in [2.24, 2.45) is 0 Å². The third-order valence-electron chi connectivity index (χ3n) is 5.06. The number of aryl methyl sites for hydroxylation is 2. The summed E-state index contributed by atoms with van der Waals surface area (Å²) in [6.07, 6.45) is 5.15. The zero-order chi connectivity index (χ0) is 22.7. The second-order valence-corrected chi connectivity index (χ2v) is 7.45. The highest BCUT2D eigenvalue weighted by molar-refractivity contribution is 6.08. The molecule has 0 aliphatic rings. The topological polar surface area (TPSA) is 99.4 Å². The van der Waals surface area contributed by atoms with Crippen LogP contribution in [0.25, 0.3) is 11.3 Å². The smallest absolute Gasteiger partial charge is 0.262 e. The molecule has 0 saturated heterocycles. The minimum absolute atomic E-state index is 0.0954. The van der Waals surface area contributed by atoms with Gasteiger partial charge in [0.05, 0.1) is 17.8 Å². The van der Waals surface area contributed by atoms with Crippen molar-refractivity contribution in [1.29, 1.82) is 0 Å². The molecule has 1 amide bonds. The van der Waals surface area contributed by atoms with Crippen LogP contribution in [0.1, 0.15) is 27.3 Å². The standard InChI is InChI=1S/C25H22N4O3/c1-16-13-27-17(2)28-24(16)19-5-7-20(8-6-19)29(15-18-4-3-11-26-14-18)25(32)22-10-9-21(30)12-23(22)31/h3-14,30-31H,15H2,1-2H3. The zero-order valence-corrected chi connectivity index (χ0v) is 17.7. The van der Waals surface area contributed by atoms with Crippen LogP contribution in [0, 0.1) is 13.8 Å². The number of carbonyl (C=O) groups is 1. The second kappa shape index (κ2) is 8.85. The number of amides is 1. The monoisotopic (exact) mass is 426 g/mol. The molecule has 0 saturated carbocycles. The van der Waals surface area contributed by atoms with Crippen molar-refractivity contribution in [3.63, 3.8) is 0 Å². The van der Waals surface area contributed by atoms with Gasteiger partial charge in [-0.3, -0.25) is 9.78 Å². The average Bonchev–Trinajstić information content (AvgIpc) is 2.79. The van der Waals surface area contributed by atoms with E-state index in [1.807, 2.05) is 44.2 Å². The molecule has 0 radical (unpaired) electrons. The number of pyridine rings is 1. The molecular weight excluding hydrogens is 404 g/mol. The van der Waals surface area contributed by atoms with Crippen LogP contribution in [0.2, 0.25) is 0 Å². The molecule has 0 unspecified atom stereocenters. The number of phenolic OH excluding ortho intramolecular Hbond substituents is 2. The minimum Gasteiger partial charge on any atom is -0.508 e. The lowest BCUT2D eigenvalue weighted by molar-refractivity contribution is 0.0982. The Morgan fingerprint density at radius 2 is 1.78 bits per heavy atom. The highest BCUT2D eigenvalue weighted by atomic mass is 16.3. The summed E-state index contributed by atoms with van der Waals surface area (Å²) in [4.78, 5) is 27.8. The van der Waals surface area contributed by atoms with Crippen molar-refractivity contribution < 1.29 is 15.0 Å². The molecule has 7 nitrogen and oxygen atoms in total. The maximum Gasteiger partial charge on any atom is 0.262 e. The van der Waals surface area contributed by atoms with Crippen LogP contribution in [0.3, 0.4) is 0 Å². The number of hydrogen-bond acceptors (Lipinski definition) is 6. The number of rotatable bonds is 5. The van der Waals surface area contributed by atoms with Gasteiger partial charge < -0.3 is 15.1 Å². The van der Waals surface area contributed by atoms with Crippen molar-refractivity contribution in [2.75, 3.05) is 4.90 Å². The lowest BCUT2D eigenvalue weighted by Gasteiger charge is -2.24. The Labute approximate surface area is 185 Å². The van der Waals surface area contributed by atoms with E-state index in [9.17, 15) is 15.0 Å². The van der Waals surface area contributed by atoms with Crippen LogP contribution in [0.15, 0.2) is 73.2 Å². The fourth-order valence-electron chi connectivity index (χ4n) is 3.42. The van der Waals surface area contributed by atoms with Crippen LogP contribution in [0.4, 0.5) is 5.69 Å². The number of hydrogen-bond donors (Lipinski definition) is 2.